The van der Waals surface area contributed by atoms with Crippen molar-refractivity contribution < 1.29 is 9.53 Å². The lowest BCUT2D eigenvalue weighted by Gasteiger charge is -2.41. The lowest BCUT2D eigenvalue weighted by Crippen LogP contribution is -2.46. The number of carbonyl (C=O) groups excluding carboxylic acids is 1. The first kappa shape index (κ1) is 15.6. The summed E-state index contributed by atoms with van der Waals surface area (Å²) in [5.74, 6) is 1.08. The molecule has 5 nitrogen and oxygen atoms in total. The molecule has 1 aliphatic carbocycles. The van der Waals surface area contributed by atoms with Gasteiger partial charge >= 0.3 is 0 Å². The van der Waals surface area contributed by atoms with Gasteiger partial charge in [0.2, 0.25) is 11.8 Å². The third kappa shape index (κ3) is 2.82. The number of likely N-dealkylation sites (tertiary alicyclic amines) is 1. The number of nitrogens with zero attached hydrogens (tertiary/aromatic N) is 3. The standard InChI is InChI=1S/C20H27N3O2/c24-20-7-5-18-16-4-6-19(21-17(16)10-13-23(18)20)25-15-8-11-22(12-9-15)14-2-1-3-14/h4,6,14-15,18H,1-3,5,7-13H2. The van der Waals surface area contributed by atoms with Crippen LogP contribution in [0.5, 0.6) is 5.88 Å². The van der Waals surface area contributed by atoms with E-state index < -0.39 is 0 Å². The molecule has 3 aliphatic heterocycles. The van der Waals surface area contributed by atoms with Crippen molar-refractivity contribution in [1.29, 1.82) is 0 Å². The molecule has 1 unspecified atom stereocenters. The van der Waals surface area contributed by atoms with E-state index in [1.54, 1.807) is 0 Å². The Labute approximate surface area is 149 Å². The van der Waals surface area contributed by atoms with Gasteiger partial charge in [-0.3, -0.25) is 4.79 Å². The van der Waals surface area contributed by atoms with E-state index >= 15 is 0 Å². The van der Waals surface area contributed by atoms with Crippen molar-refractivity contribution in [3.8, 4) is 5.88 Å². The molecule has 0 aromatic carbocycles. The van der Waals surface area contributed by atoms with Gasteiger partial charge in [-0.05, 0) is 43.7 Å². The molecule has 4 aliphatic rings. The van der Waals surface area contributed by atoms with Crippen LogP contribution in [0.3, 0.4) is 0 Å². The van der Waals surface area contributed by atoms with E-state index in [2.05, 4.69) is 11.0 Å². The average molecular weight is 341 g/mol. The van der Waals surface area contributed by atoms with Crippen molar-refractivity contribution >= 4 is 5.91 Å². The molecular formula is C20H27N3O2. The molecular weight excluding hydrogens is 314 g/mol. The summed E-state index contributed by atoms with van der Waals surface area (Å²) in [5, 5.41) is 0. The number of ether oxygens (including phenoxy) is 1. The number of pyridine rings is 1. The van der Waals surface area contributed by atoms with Crippen molar-refractivity contribution in [2.24, 2.45) is 0 Å². The van der Waals surface area contributed by atoms with Crippen LogP contribution in [0.2, 0.25) is 0 Å². The number of aromatic nitrogens is 1. The van der Waals surface area contributed by atoms with E-state index in [0.717, 1.165) is 49.8 Å². The Bertz CT molecular complexity index is 665. The molecule has 1 amide bonds. The molecule has 134 valence electrons. The maximum atomic E-state index is 11.9. The molecule has 3 fully saturated rings. The lowest BCUT2D eigenvalue weighted by atomic mass is 9.90. The molecule has 25 heavy (non-hydrogen) atoms. The highest BCUT2D eigenvalue weighted by atomic mass is 16.5. The molecule has 0 bridgehead atoms. The van der Waals surface area contributed by atoms with Crippen molar-refractivity contribution in [3.63, 3.8) is 0 Å². The van der Waals surface area contributed by atoms with Gasteiger partial charge in [0.05, 0.1) is 11.7 Å². The Morgan fingerprint density at radius 2 is 1.84 bits per heavy atom. The fourth-order valence-electron chi connectivity index (χ4n) is 4.91. The second-order valence-electron chi connectivity index (χ2n) is 8.01. The third-order valence-electron chi connectivity index (χ3n) is 6.62. The molecule has 2 saturated heterocycles. The normalized spacial score (nSPS) is 27.8. The molecule has 4 heterocycles. The van der Waals surface area contributed by atoms with Crippen LogP contribution in [0.1, 0.15) is 62.2 Å². The molecule has 0 radical (unpaired) electrons. The van der Waals surface area contributed by atoms with E-state index in [9.17, 15) is 4.79 Å². The quantitative estimate of drug-likeness (QED) is 0.848. The minimum Gasteiger partial charge on any atom is -0.474 e. The molecule has 1 aromatic heterocycles. The molecule has 1 atom stereocenters. The summed E-state index contributed by atoms with van der Waals surface area (Å²) in [5.41, 5.74) is 2.38. The highest BCUT2D eigenvalue weighted by molar-refractivity contribution is 5.79. The summed E-state index contributed by atoms with van der Waals surface area (Å²) >= 11 is 0. The topological polar surface area (TPSA) is 45.7 Å². The van der Waals surface area contributed by atoms with Gasteiger partial charge in [0.1, 0.15) is 6.10 Å². The monoisotopic (exact) mass is 341 g/mol. The maximum Gasteiger partial charge on any atom is 0.223 e. The number of amides is 1. The Morgan fingerprint density at radius 1 is 1.00 bits per heavy atom. The smallest absolute Gasteiger partial charge is 0.223 e. The largest absolute Gasteiger partial charge is 0.474 e. The number of piperidine rings is 1. The van der Waals surface area contributed by atoms with Gasteiger partial charge in [0, 0.05) is 44.6 Å². The fourth-order valence-corrected chi connectivity index (χ4v) is 4.91. The first-order valence-electron chi connectivity index (χ1n) is 9.98. The summed E-state index contributed by atoms with van der Waals surface area (Å²) in [6, 6.07) is 5.27. The van der Waals surface area contributed by atoms with Gasteiger partial charge in [-0.25, -0.2) is 4.98 Å². The second-order valence-corrected chi connectivity index (χ2v) is 8.01. The number of hydrogen-bond acceptors (Lipinski definition) is 4. The number of rotatable bonds is 3. The SMILES string of the molecule is O=C1CCC2c3ccc(OC4CCN(C5CCC5)CC4)nc3CCN12. The Hall–Kier alpha value is -1.62. The van der Waals surface area contributed by atoms with Gasteiger partial charge in [0.25, 0.3) is 0 Å². The van der Waals surface area contributed by atoms with Gasteiger partial charge < -0.3 is 14.5 Å². The zero-order valence-electron chi connectivity index (χ0n) is 14.8. The van der Waals surface area contributed by atoms with E-state index in [1.807, 2.05) is 11.0 Å². The molecule has 5 rings (SSSR count). The van der Waals surface area contributed by atoms with Crippen LogP contribution < -0.4 is 4.74 Å². The zero-order chi connectivity index (χ0) is 16.8. The Balaban J connectivity index is 1.23. The number of hydrogen-bond donors (Lipinski definition) is 0. The lowest BCUT2D eigenvalue weighted by molar-refractivity contribution is -0.129. The molecule has 0 spiro atoms. The molecule has 0 N–H and O–H groups in total. The van der Waals surface area contributed by atoms with Crippen LogP contribution in [-0.4, -0.2) is 52.5 Å². The molecule has 1 aromatic rings. The van der Waals surface area contributed by atoms with Crippen LogP contribution in [0.4, 0.5) is 0 Å². The van der Waals surface area contributed by atoms with Crippen molar-refractivity contribution in [2.75, 3.05) is 19.6 Å². The minimum absolute atomic E-state index is 0.253. The van der Waals surface area contributed by atoms with Gasteiger partial charge in [-0.1, -0.05) is 6.42 Å². The molecule has 1 saturated carbocycles. The van der Waals surface area contributed by atoms with E-state index in [1.165, 1.54) is 37.9 Å². The van der Waals surface area contributed by atoms with Crippen molar-refractivity contribution in [2.45, 2.75) is 69.6 Å². The van der Waals surface area contributed by atoms with Crippen molar-refractivity contribution in [3.05, 3.63) is 23.4 Å². The van der Waals surface area contributed by atoms with Gasteiger partial charge in [-0.2, -0.15) is 0 Å². The predicted molar refractivity (Wildman–Crippen MR) is 94.5 cm³/mol. The summed E-state index contributed by atoms with van der Waals surface area (Å²) in [6.07, 6.45) is 9.18. The first-order chi connectivity index (χ1) is 12.3. The van der Waals surface area contributed by atoms with E-state index in [4.69, 9.17) is 9.72 Å². The van der Waals surface area contributed by atoms with Crippen LogP contribution in [0.25, 0.3) is 0 Å². The number of fused-ring (bicyclic) bond motifs is 3. The Kier molecular flexibility index (Phi) is 3.92. The predicted octanol–water partition coefficient (Wildman–Crippen LogP) is 2.70. The van der Waals surface area contributed by atoms with Crippen LogP contribution >= 0.6 is 0 Å². The van der Waals surface area contributed by atoms with Gasteiger partial charge in [0.15, 0.2) is 0 Å². The summed E-state index contributed by atoms with van der Waals surface area (Å²) in [6.45, 7) is 3.14. The Morgan fingerprint density at radius 3 is 2.60 bits per heavy atom. The first-order valence-corrected chi connectivity index (χ1v) is 9.98. The van der Waals surface area contributed by atoms with Crippen LogP contribution in [-0.2, 0) is 11.2 Å². The van der Waals surface area contributed by atoms with E-state index in [-0.39, 0.29) is 6.04 Å². The summed E-state index contributed by atoms with van der Waals surface area (Å²) in [7, 11) is 0. The molecule has 5 heteroatoms. The number of carbonyl (C=O) groups is 1. The maximum absolute atomic E-state index is 11.9. The van der Waals surface area contributed by atoms with E-state index in [0.29, 0.717) is 18.4 Å². The summed E-state index contributed by atoms with van der Waals surface area (Å²) < 4.78 is 6.22. The average Bonchev–Trinajstić information content (AvgIpc) is 2.96. The highest BCUT2D eigenvalue weighted by Gasteiger charge is 2.37. The fraction of sp³-hybridized carbons (Fsp3) is 0.700. The minimum atomic E-state index is 0.253. The van der Waals surface area contributed by atoms with Crippen molar-refractivity contribution in [1.82, 2.24) is 14.8 Å². The zero-order valence-corrected chi connectivity index (χ0v) is 14.8. The van der Waals surface area contributed by atoms with Crippen LogP contribution in [0, 0.1) is 0 Å². The second kappa shape index (κ2) is 6.27. The van der Waals surface area contributed by atoms with Gasteiger partial charge in [-0.15, -0.1) is 0 Å². The summed E-state index contributed by atoms with van der Waals surface area (Å²) in [4.78, 5) is 21.4. The third-order valence-corrected chi connectivity index (χ3v) is 6.62. The van der Waals surface area contributed by atoms with Crippen LogP contribution in [0.15, 0.2) is 12.1 Å². The highest BCUT2D eigenvalue weighted by Crippen LogP contribution is 2.38.